The Labute approximate surface area is 169 Å². The Morgan fingerprint density at radius 1 is 1.11 bits per heavy atom. The van der Waals surface area contributed by atoms with Gasteiger partial charge in [-0.05, 0) is 19.7 Å². The van der Waals surface area contributed by atoms with Crippen molar-refractivity contribution in [3.8, 4) is 11.1 Å². The van der Waals surface area contributed by atoms with E-state index in [4.69, 9.17) is 9.97 Å². The van der Waals surface area contributed by atoms with Crippen molar-refractivity contribution in [3.05, 3.63) is 41.5 Å². The molecule has 4 rings (SSSR count). The molecule has 2 aromatic heterocycles. The summed E-state index contributed by atoms with van der Waals surface area (Å²) in [5, 5.41) is 3.30. The molecule has 1 aromatic carbocycles. The molecule has 0 radical (unpaired) electrons. The van der Waals surface area contributed by atoms with Crippen LogP contribution in [0.4, 0.5) is 5.82 Å². The lowest BCUT2D eigenvalue weighted by Gasteiger charge is -2.35. The third-order valence-electron chi connectivity index (χ3n) is 5.03. The fraction of sp³-hybridized carbons (Fsp3) is 0.381. The topological polar surface area (TPSA) is 52.6 Å². The molecule has 146 valence electrons. The fourth-order valence-corrected chi connectivity index (χ4v) is 4.57. The minimum Gasteiger partial charge on any atom is -0.352 e. The van der Waals surface area contributed by atoms with Gasteiger partial charge in [0.15, 0.2) is 0 Å². The summed E-state index contributed by atoms with van der Waals surface area (Å²) in [5.41, 5.74) is 2.36. The number of benzene rings is 1. The van der Waals surface area contributed by atoms with Gasteiger partial charge in [-0.15, -0.1) is 11.3 Å². The lowest BCUT2D eigenvalue weighted by atomic mass is 10.1. The van der Waals surface area contributed by atoms with Gasteiger partial charge in [-0.2, -0.15) is 0 Å². The number of thiophene rings is 1. The second kappa shape index (κ2) is 7.85. The summed E-state index contributed by atoms with van der Waals surface area (Å²) in [7, 11) is 4.06. The van der Waals surface area contributed by atoms with Gasteiger partial charge in [0, 0.05) is 44.0 Å². The van der Waals surface area contributed by atoms with Crippen molar-refractivity contribution in [1.29, 1.82) is 0 Å². The van der Waals surface area contributed by atoms with Crippen molar-refractivity contribution >= 4 is 33.3 Å². The van der Waals surface area contributed by atoms with Crippen LogP contribution in [0.3, 0.4) is 0 Å². The van der Waals surface area contributed by atoms with Gasteiger partial charge in [0.05, 0.1) is 11.9 Å². The van der Waals surface area contributed by atoms with Crippen LogP contribution in [0.1, 0.15) is 12.7 Å². The number of rotatable bonds is 4. The number of piperazine rings is 1. The first kappa shape index (κ1) is 18.8. The van der Waals surface area contributed by atoms with Crippen LogP contribution in [0.5, 0.6) is 0 Å². The standard InChI is InChI=1S/C21H25N5OS/c1-15(27)25-9-11-26(12-10-25)20-19-17(16-7-5-4-6-8-16)14-28-21(19)23-18(22-20)13-24(2)3/h4-8,14H,9-13H2,1-3H3. The number of hydrogen-bond donors (Lipinski definition) is 0. The van der Waals surface area contributed by atoms with Gasteiger partial charge >= 0.3 is 0 Å². The molecule has 3 heterocycles. The normalized spacial score (nSPS) is 14.9. The first-order valence-corrected chi connectivity index (χ1v) is 10.4. The van der Waals surface area contributed by atoms with Gasteiger partial charge in [0.25, 0.3) is 0 Å². The lowest BCUT2D eigenvalue weighted by Crippen LogP contribution is -2.48. The molecule has 1 amide bonds. The van der Waals surface area contributed by atoms with Gasteiger partial charge < -0.3 is 14.7 Å². The van der Waals surface area contributed by atoms with Gasteiger partial charge in [-0.3, -0.25) is 4.79 Å². The molecule has 0 saturated carbocycles. The van der Waals surface area contributed by atoms with E-state index in [0.717, 1.165) is 48.0 Å². The van der Waals surface area contributed by atoms with Crippen molar-refractivity contribution in [2.24, 2.45) is 0 Å². The SMILES string of the molecule is CC(=O)N1CCN(c2nc(CN(C)C)nc3scc(-c4ccccc4)c23)CC1. The fourth-order valence-electron chi connectivity index (χ4n) is 3.61. The number of hydrogen-bond acceptors (Lipinski definition) is 6. The first-order valence-electron chi connectivity index (χ1n) is 9.51. The van der Waals surface area contributed by atoms with E-state index < -0.39 is 0 Å². The third kappa shape index (κ3) is 3.72. The van der Waals surface area contributed by atoms with Gasteiger partial charge in [-0.1, -0.05) is 30.3 Å². The van der Waals surface area contributed by atoms with Crippen LogP contribution in [0.25, 0.3) is 21.3 Å². The smallest absolute Gasteiger partial charge is 0.219 e. The van der Waals surface area contributed by atoms with E-state index in [-0.39, 0.29) is 5.91 Å². The Balaban J connectivity index is 1.79. The molecular weight excluding hydrogens is 370 g/mol. The van der Waals surface area contributed by atoms with Crippen LogP contribution in [-0.2, 0) is 11.3 Å². The van der Waals surface area contributed by atoms with E-state index in [0.29, 0.717) is 6.54 Å². The highest BCUT2D eigenvalue weighted by molar-refractivity contribution is 7.17. The molecule has 1 aliphatic rings. The average Bonchev–Trinajstić information content (AvgIpc) is 3.11. The van der Waals surface area contributed by atoms with E-state index in [2.05, 4.69) is 39.4 Å². The van der Waals surface area contributed by atoms with Crippen LogP contribution in [0, 0.1) is 0 Å². The summed E-state index contributed by atoms with van der Waals surface area (Å²) in [5.74, 6) is 1.97. The van der Waals surface area contributed by atoms with Crippen molar-refractivity contribution in [2.45, 2.75) is 13.5 Å². The summed E-state index contributed by atoms with van der Waals surface area (Å²) in [4.78, 5) is 28.8. The van der Waals surface area contributed by atoms with Crippen LogP contribution < -0.4 is 4.90 Å². The summed E-state index contributed by atoms with van der Waals surface area (Å²) < 4.78 is 0. The molecule has 0 bridgehead atoms. The third-order valence-corrected chi connectivity index (χ3v) is 5.90. The Bertz CT molecular complexity index is 977. The van der Waals surface area contributed by atoms with Crippen molar-refractivity contribution in [3.63, 3.8) is 0 Å². The number of anilines is 1. The summed E-state index contributed by atoms with van der Waals surface area (Å²) in [6.07, 6.45) is 0. The van der Waals surface area contributed by atoms with E-state index in [1.807, 2.05) is 25.1 Å². The predicted molar refractivity (Wildman–Crippen MR) is 115 cm³/mol. The van der Waals surface area contributed by atoms with E-state index in [1.165, 1.54) is 11.1 Å². The second-order valence-electron chi connectivity index (χ2n) is 7.39. The quantitative estimate of drug-likeness (QED) is 0.680. The molecule has 0 N–H and O–H groups in total. The molecule has 7 heteroatoms. The Kier molecular flexibility index (Phi) is 5.28. The highest BCUT2D eigenvalue weighted by atomic mass is 32.1. The number of amides is 1. The van der Waals surface area contributed by atoms with Gasteiger partial charge in [0.1, 0.15) is 16.5 Å². The molecule has 1 aliphatic heterocycles. The van der Waals surface area contributed by atoms with Gasteiger partial charge in [0.2, 0.25) is 5.91 Å². The van der Waals surface area contributed by atoms with Crippen molar-refractivity contribution in [2.75, 3.05) is 45.2 Å². The molecule has 28 heavy (non-hydrogen) atoms. The van der Waals surface area contributed by atoms with Crippen molar-refractivity contribution < 1.29 is 4.79 Å². The largest absolute Gasteiger partial charge is 0.352 e. The number of nitrogens with zero attached hydrogens (tertiary/aromatic N) is 5. The first-order chi connectivity index (χ1) is 13.5. The number of aromatic nitrogens is 2. The van der Waals surface area contributed by atoms with Gasteiger partial charge in [-0.25, -0.2) is 9.97 Å². The molecular formula is C21H25N5OS. The summed E-state index contributed by atoms with van der Waals surface area (Å²) >= 11 is 1.67. The Hall–Kier alpha value is -2.51. The molecule has 0 aliphatic carbocycles. The minimum absolute atomic E-state index is 0.140. The highest BCUT2D eigenvalue weighted by Gasteiger charge is 2.24. The van der Waals surface area contributed by atoms with Crippen LogP contribution in [-0.4, -0.2) is 65.9 Å². The monoisotopic (exact) mass is 395 g/mol. The molecule has 1 fully saturated rings. The lowest BCUT2D eigenvalue weighted by molar-refractivity contribution is -0.129. The Morgan fingerprint density at radius 2 is 1.82 bits per heavy atom. The van der Waals surface area contributed by atoms with Crippen LogP contribution in [0.2, 0.25) is 0 Å². The van der Waals surface area contributed by atoms with E-state index in [1.54, 1.807) is 18.3 Å². The molecule has 1 saturated heterocycles. The molecule has 0 spiro atoms. The second-order valence-corrected chi connectivity index (χ2v) is 8.25. The van der Waals surface area contributed by atoms with Crippen LogP contribution >= 0.6 is 11.3 Å². The summed E-state index contributed by atoms with van der Waals surface area (Å²) in [6.45, 7) is 5.38. The molecule has 0 unspecified atom stereocenters. The predicted octanol–water partition coefficient (Wildman–Crippen LogP) is 3.09. The van der Waals surface area contributed by atoms with Crippen molar-refractivity contribution in [1.82, 2.24) is 19.8 Å². The molecule has 0 atom stereocenters. The van der Waals surface area contributed by atoms with E-state index >= 15 is 0 Å². The number of carbonyl (C=O) groups is 1. The Morgan fingerprint density at radius 3 is 2.46 bits per heavy atom. The average molecular weight is 396 g/mol. The zero-order valence-electron chi connectivity index (χ0n) is 16.6. The zero-order chi connectivity index (χ0) is 19.7. The summed E-state index contributed by atoms with van der Waals surface area (Å²) in [6, 6.07) is 10.4. The minimum atomic E-state index is 0.140. The van der Waals surface area contributed by atoms with E-state index in [9.17, 15) is 4.79 Å². The maximum Gasteiger partial charge on any atom is 0.219 e. The maximum absolute atomic E-state index is 11.7. The molecule has 6 nitrogen and oxygen atoms in total. The number of fused-ring (bicyclic) bond motifs is 1. The van der Waals surface area contributed by atoms with Crippen LogP contribution in [0.15, 0.2) is 35.7 Å². The molecule has 3 aromatic rings. The highest BCUT2D eigenvalue weighted by Crippen LogP contribution is 2.38. The zero-order valence-corrected chi connectivity index (χ0v) is 17.4. The maximum atomic E-state index is 11.7. The number of carbonyl (C=O) groups excluding carboxylic acids is 1.